The summed E-state index contributed by atoms with van der Waals surface area (Å²) in [5.41, 5.74) is 1.48. The van der Waals surface area contributed by atoms with E-state index in [1.165, 1.54) is 0 Å². The molecule has 0 aliphatic carbocycles. The molecule has 0 saturated carbocycles. The molecule has 0 radical (unpaired) electrons. The minimum atomic E-state index is -0.660. The largest absolute Gasteiger partial charge is 0.497 e. The lowest BCUT2D eigenvalue weighted by molar-refractivity contribution is -0.142. The Balaban J connectivity index is 1.46. The van der Waals surface area contributed by atoms with Crippen LogP contribution < -0.4 is 19.7 Å². The smallest absolute Gasteiger partial charge is 0.265 e. The maximum atomic E-state index is 13.0. The summed E-state index contributed by atoms with van der Waals surface area (Å²) in [6.07, 6.45) is -0.660. The highest BCUT2D eigenvalue weighted by Gasteiger charge is 2.34. The van der Waals surface area contributed by atoms with Crippen molar-refractivity contribution >= 4 is 23.2 Å². The number of nitrogens with zero attached hydrogens (tertiary/aromatic N) is 2. The Labute approximate surface area is 175 Å². The fourth-order valence-corrected chi connectivity index (χ4v) is 3.62. The Morgan fingerprint density at radius 1 is 1.10 bits per heavy atom. The SMILES string of the molecule is COc1ccc(NC(=O)CN2CC(C(=O)N3CCOCC3)Oc3ccccc32)cc1. The number of fused-ring (bicyclic) bond motifs is 1. The van der Waals surface area contributed by atoms with Crippen LogP contribution in [0.5, 0.6) is 11.5 Å². The fourth-order valence-electron chi connectivity index (χ4n) is 3.62. The summed E-state index contributed by atoms with van der Waals surface area (Å²) in [6.45, 7) is 2.59. The number of hydrogen-bond donors (Lipinski definition) is 1. The van der Waals surface area contributed by atoms with Crippen molar-refractivity contribution in [3.8, 4) is 11.5 Å². The molecule has 2 aliphatic heterocycles. The van der Waals surface area contributed by atoms with Crippen LogP contribution in [0.25, 0.3) is 0 Å². The molecule has 2 aromatic carbocycles. The number of amides is 2. The lowest BCUT2D eigenvalue weighted by Gasteiger charge is -2.38. The number of benzene rings is 2. The third-order valence-corrected chi connectivity index (χ3v) is 5.17. The van der Waals surface area contributed by atoms with Crippen LogP contribution in [0.3, 0.4) is 0 Å². The van der Waals surface area contributed by atoms with Crippen LogP contribution in [0.15, 0.2) is 48.5 Å². The molecule has 0 bridgehead atoms. The second-order valence-electron chi connectivity index (χ2n) is 7.17. The van der Waals surface area contributed by atoms with E-state index in [4.69, 9.17) is 14.2 Å². The number of para-hydroxylation sites is 2. The topological polar surface area (TPSA) is 80.3 Å². The van der Waals surface area contributed by atoms with Gasteiger partial charge in [-0.2, -0.15) is 0 Å². The minimum absolute atomic E-state index is 0.0756. The van der Waals surface area contributed by atoms with Gasteiger partial charge in [0, 0.05) is 18.8 Å². The molecule has 30 heavy (non-hydrogen) atoms. The predicted molar refractivity (Wildman–Crippen MR) is 112 cm³/mol. The highest BCUT2D eigenvalue weighted by molar-refractivity contribution is 5.95. The predicted octanol–water partition coefficient (Wildman–Crippen LogP) is 1.76. The molecule has 2 amide bonds. The number of methoxy groups -OCH3 is 1. The number of anilines is 2. The standard InChI is InChI=1S/C22H25N3O5/c1-28-17-8-6-16(7-9-17)23-21(26)15-25-14-20(22(27)24-10-12-29-13-11-24)30-19-5-3-2-4-18(19)25/h2-9,20H,10-15H2,1H3,(H,23,26). The molecule has 1 saturated heterocycles. The van der Waals surface area contributed by atoms with Crippen molar-refractivity contribution in [2.24, 2.45) is 0 Å². The molecule has 2 heterocycles. The number of nitrogens with one attached hydrogen (secondary N) is 1. The Morgan fingerprint density at radius 3 is 2.57 bits per heavy atom. The van der Waals surface area contributed by atoms with Gasteiger partial charge >= 0.3 is 0 Å². The van der Waals surface area contributed by atoms with E-state index in [1.807, 2.05) is 29.2 Å². The number of hydrogen-bond acceptors (Lipinski definition) is 6. The first kappa shape index (κ1) is 20.0. The van der Waals surface area contributed by atoms with Gasteiger partial charge in [0.15, 0.2) is 6.10 Å². The van der Waals surface area contributed by atoms with E-state index in [0.29, 0.717) is 44.3 Å². The molecule has 1 fully saturated rings. The van der Waals surface area contributed by atoms with Crippen LogP contribution in [0, 0.1) is 0 Å². The summed E-state index contributed by atoms with van der Waals surface area (Å²) in [5.74, 6) is 1.08. The molecule has 1 atom stereocenters. The summed E-state index contributed by atoms with van der Waals surface area (Å²) in [5, 5.41) is 2.89. The minimum Gasteiger partial charge on any atom is -0.497 e. The third-order valence-electron chi connectivity index (χ3n) is 5.17. The van der Waals surface area contributed by atoms with E-state index in [-0.39, 0.29) is 18.4 Å². The molecule has 2 aliphatic rings. The second-order valence-corrected chi connectivity index (χ2v) is 7.17. The zero-order valence-electron chi connectivity index (χ0n) is 16.9. The average Bonchev–Trinajstić information content (AvgIpc) is 2.79. The van der Waals surface area contributed by atoms with Gasteiger partial charge in [0.1, 0.15) is 11.5 Å². The Bertz CT molecular complexity index is 896. The first-order valence-corrected chi connectivity index (χ1v) is 9.95. The summed E-state index contributed by atoms with van der Waals surface area (Å²) in [4.78, 5) is 29.3. The second kappa shape index (κ2) is 9.04. The third kappa shape index (κ3) is 4.49. The molecule has 1 N–H and O–H groups in total. The quantitative estimate of drug-likeness (QED) is 0.808. The molecule has 0 aromatic heterocycles. The Morgan fingerprint density at radius 2 is 1.83 bits per heavy atom. The van der Waals surface area contributed by atoms with Gasteiger partial charge in [-0.1, -0.05) is 12.1 Å². The molecule has 1 unspecified atom stereocenters. The van der Waals surface area contributed by atoms with Crippen LogP contribution in [0.2, 0.25) is 0 Å². The lowest BCUT2D eigenvalue weighted by atomic mass is 10.1. The Hall–Kier alpha value is -3.26. The van der Waals surface area contributed by atoms with Crippen LogP contribution in [0.4, 0.5) is 11.4 Å². The molecule has 2 aromatic rings. The van der Waals surface area contributed by atoms with Gasteiger partial charge in [0.2, 0.25) is 5.91 Å². The fraction of sp³-hybridized carbons (Fsp3) is 0.364. The molecular weight excluding hydrogens is 386 g/mol. The van der Waals surface area contributed by atoms with Crippen molar-refractivity contribution in [1.29, 1.82) is 0 Å². The zero-order valence-corrected chi connectivity index (χ0v) is 16.9. The van der Waals surface area contributed by atoms with Crippen molar-refractivity contribution in [2.45, 2.75) is 6.10 Å². The zero-order chi connectivity index (χ0) is 20.9. The van der Waals surface area contributed by atoms with Crippen LogP contribution >= 0.6 is 0 Å². The number of ether oxygens (including phenoxy) is 3. The summed E-state index contributed by atoms with van der Waals surface area (Å²) in [7, 11) is 1.60. The van der Waals surface area contributed by atoms with Crippen molar-refractivity contribution in [2.75, 3.05) is 56.7 Å². The van der Waals surface area contributed by atoms with E-state index >= 15 is 0 Å². The van der Waals surface area contributed by atoms with Crippen molar-refractivity contribution in [3.63, 3.8) is 0 Å². The molecule has 8 nitrogen and oxygen atoms in total. The molecule has 4 rings (SSSR count). The van der Waals surface area contributed by atoms with Gasteiger partial charge in [0.05, 0.1) is 39.1 Å². The van der Waals surface area contributed by atoms with Gasteiger partial charge in [-0.3, -0.25) is 9.59 Å². The molecule has 0 spiro atoms. The first-order chi connectivity index (χ1) is 14.6. The molecule has 158 valence electrons. The lowest BCUT2D eigenvalue weighted by Crippen LogP contribution is -2.53. The van der Waals surface area contributed by atoms with E-state index < -0.39 is 6.10 Å². The number of rotatable bonds is 5. The van der Waals surface area contributed by atoms with E-state index in [9.17, 15) is 9.59 Å². The van der Waals surface area contributed by atoms with E-state index in [2.05, 4.69) is 5.32 Å². The van der Waals surface area contributed by atoms with E-state index in [1.54, 1.807) is 36.3 Å². The van der Waals surface area contributed by atoms with Crippen molar-refractivity contribution < 1.29 is 23.8 Å². The highest BCUT2D eigenvalue weighted by Crippen LogP contribution is 2.33. The van der Waals surface area contributed by atoms with E-state index in [0.717, 1.165) is 11.4 Å². The summed E-state index contributed by atoms with van der Waals surface area (Å²) in [6, 6.07) is 14.6. The maximum absolute atomic E-state index is 13.0. The Kier molecular flexibility index (Phi) is 6.04. The normalized spacial score (nSPS) is 18.2. The molecule has 8 heteroatoms. The van der Waals surface area contributed by atoms with Crippen LogP contribution in [-0.2, 0) is 14.3 Å². The van der Waals surface area contributed by atoms with Gasteiger partial charge in [-0.25, -0.2) is 0 Å². The molecular formula is C22H25N3O5. The highest BCUT2D eigenvalue weighted by atomic mass is 16.5. The van der Waals surface area contributed by atoms with Crippen LogP contribution in [-0.4, -0.2) is 69.3 Å². The van der Waals surface area contributed by atoms with Crippen molar-refractivity contribution in [1.82, 2.24) is 4.90 Å². The van der Waals surface area contributed by atoms with Gasteiger partial charge in [0.25, 0.3) is 5.91 Å². The average molecular weight is 411 g/mol. The van der Waals surface area contributed by atoms with Gasteiger partial charge in [-0.05, 0) is 36.4 Å². The number of morpholine rings is 1. The monoisotopic (exact) mass is 411 g/mol. The summed E-state index contributed by atoms with van der Waals surface area (Å²) >= 11 is 0. The van der Waals surface area contributed by atoms with Crippen LogP contribution in [0.1, 0.15) is 0 Å². The summed E-state index contributed by atoms with van der Waals surface area (Å²) < 4.78 is 16.5. The van der Waals surface area contributed by atoms with Gasteiger partial charge in [-0.15, -0.1) is 0 Å². The van der Waals surface area contributed by atoms with Gasteiger partial charge < -0.3 is 29.3 Å². The number of carbonyl (C=O) groups excluding carboxylic acids is 2. The maximum Gasteiger partial charge on any atom is 0.265 e. The van der Waals surface area contributed by atoms with Crippen molar-refractivity contribution in [3.05, 3.63) is 48.5 Å². The number of carbonyl (C=O) groups is 2. The first-order valence-electron chi connectivity index (χ1n) is 9.95.